The molecule has 1 aliphatic heterocycles. The van der Waals surface area contributed by atoms with Crippen LogP contribution in [0, 0.1) is 6.92 Å². The molecule has 3 heterocycles. The number of aromatic nitrogens is 4. The van der Waals surface area contributed by atoms with E-state index in [1.807, 2.05) is 0 Å². The smallest absolute Gasteiger partial charge is 0.255 e. The average Bonchev–Trinajstić information content (AvgIpc) is 2.87. The summed E-state index contributed by atoms with van der Waals surface area (Å²) >= 11 is 0. The number of hydrogen-bond acceptors (Lipinski definition) is 6. The van der Waals surface area contributed by atoms with Gasteiger partial charge in [-0.15, -0.1) is 0 Å². The number of hydrogen-bond donors (Lipinski definition) is 1. The van der Waals surface area contributed by atoms with Gasteiger partial charge in [-0.1, -0.05) is 10.3 Å². The highest BCUT2D eigenvalue weighted by Crippen LogP contribution is 2.18. The molecule has 2 aromatic heterocycles. The molecule has 0 fully saturated rings. The first-order chi connectivity index (χ1) is 8.22. The number of fused-ring (bicyclic) bond motifs is 1. The Hall–Kier alpha value is -2.02. The van der Waals surface area contributed by atoms with Crippen molar-refractivity contribution >= 4 is 0 Å². The quantitative estimate of drug-likeness (QED) is 0.784. The van der Waals surface area contributed by atoms with E-state index in [0.29, 0.717) is 25.5 Å². The van der Waals surface area contributed by atoms with Crippen LogP contribution < -0.4 is 5.56 Å². The highest BCUT2D eigenvalue weighted by molar-refractivity contribution is 5.22. The summed E-state index contributed by atoms with van der Waals surface area (Å²) in [5, 5.41) is 7.30. The van der Waals surface area contributed by atoms with Gasteiger partial charge in [-0.3, -0.25) is 9.69 Å². The van der Waals surface area contributed by atoms with Crippen molar-refractivity contribution in [2.75, 3.05) is 0 Å². The second-order valence-corrected chi connectivity index (χ2v) is 4.12. The lowest BCUT2D eigenvalue weighted by Gasteiger charge is -2.10. The highest BCUT2D eigenvalue weighted by atomic mass is 16.6. The van der Waals surface area contributed by atoms with Crippen LogP contribution in [0.5, 0.6) is 0 Å². The molecule has 0 atom stereocenters. The maximum absolute atomic E-state index is 11.7. The topological polar surface area (TPSA) is 87.9 Å². The third-order valence-electron chi connectivity index (χ3n) is 2.77. The molecule has 88 valence electrons. The Kier molecular flexibility index (Phi) is 2.25. The molecule has 7 nitrogen and oxygen atoms in total. The summed E-state index contributed by atoms with van der Waals surface area (Å²) in [5.74, 6) is 0.652. The normalized spacial score (nSPS) is 15.1. The molecule has 1 aliphatic rings. The Balaban J connectivity index is 1.83. The first-order valence-corrected chi connectivity index (χ1v) is 5.30. The minimum Gasteiger partial charge on any atom is -0.310 e. The molecule has 0 spiro atoms. The lowest BCUT2D eigenvalue weighted by molar-refractivity contribution is 0.254. The number of aryl methyl sites for hydroxylation is 1. The Morgan fingerprint density at radius 1 is 1.53 bits per heavy atom. The second-order valence-electron chi connectivity index (χ2n) is 4.12. The molecule has 0 saturated heterocycles. The van der Waals surface area contributed by atoms with E-state index < -0.39 is 0 Å². The summed E-state index contributed by atoms with van der Waals surface area (Å²) in [4.78, 5) is 20.8. The molecule has 0 bridgehead atoms. The SMILES string of the molecule is Cc1nc2c(c(=O)[nH]1)CN(Cc1cnon1)C2. The van der Waals surface area contributed by atoms with Gasteiger partial charge in [0, 0.05) is 19.6 Å². The Labute approximate surface area is 96.4 Å². The van der Waals surface area contributed by atoms with E-state index in [-0.39, 0.29) is 5.56 Å². The first-order valence-electron chi connectivity index (χ1n) is 5.30. The molecule has 0 aliphatic carbocycles. The van der Waals surface area contributed by atoms with Gasteiger partial charge in [0.25, 0.3) is 5.56 Å². The molecular weight excluding hydrogens is 222 g/mol. The predicted octanol–water partition coefficient (Wildman–Crippen LogP) is -0.0229. The minimum atomic E-state index is -0.0479. The summed E-state index contributed by atoms with van der Waals surface area (Å²) in [6.07, 6.45) is 1.58. The third kappa shape index (κ3) is 1.84. The maximum Gasteiger partial charge on any atom is 0.255 e. The van der Waals surface area contributed by atoms with E-state index in [1.54, 1.807) is 13.1 Å². The van der Waals surface area contributed by atoms with Gasteiger partial charge in [0.05, 0.1) is 17.5 Å². The molecule has 1 N–H and O–H groups in total. The number of H-pyrrole nitrogens is 1. The van der Waals surface area contributed by atoms with Crippen molar-refractivity contribution in [2.24, 2.45) is 0 Å². The second kappa shape index (κ2) is 3.77. The van der Waals surface area contributed by atoms with Crippen LogP contribution in [0.4, 0.5) is 0 Å². The van der Waals surface area contributed by atoms with Gasteiger partial charge in [0.2, 0.25) is 0 Å². The van der Waals surface area contributed by atoms with E-state index in [9.17, 15) is 4.79 Å². The summed E-state index contributed by atoms with van der Waals surface area (Å²) in [5.41, 5.74) is 2.30. The van der Waals surface area contributed by atoms with E-state index in [4.69, 9.17) is 0 Å². The molecule has 17 heavy (non-hydrogen) atoms. The van der Waals surface area contributed by atoms with E-state index in [2.05, 4.69) is 29.8 Å². The number of rotatable bonds is 2. The van der Waals surface area contributed by atoms with Crippen LogP contribution in [0.2, 0.25) is 0 Å². The van der Waals surface area contributed by atoms with Gasteiger partial charge < -0.3 is 4.98 Å². The van der Waals surface area contributed by atoms with Crippen molar-refractivity contribution < 1.29 is 4.63 Å². The summed E-state index contributed by atoms with van der Waals surface area (Å²) in [6, 6.07) is 0. The van der Waals surface area contributed by atoms with Crippen LogP contribution in [0.15, 0.2) is 15.6 Å². The molecule has 3 rings (SSSR count). The van der Waals surface area contributed by atoms with Crippen LogP contribution in [0.25, 0.3) is 0 Å². The van der Waals surface area contributed by atoms with Crippen LogP contribution in [0.1, 0.15) is 22.8 Å². The summed E-state index contributed by atoms with van der Waals surface area (Å²) in [7, 11) is 0. The van der Waals surface area contributed by atoms with Crippen LogP contribution in [-0.4, -0.2) is 25.2 Å². The predicted molar refractivity (Wildman–Crippen MR) is 56.8 cm³/mol. The molecule has 0 radical (unpaired) electrons. The van der Waals surface area contributed by atoms with E-state index >= 15 is 0 Å². The van der Waals surface area contributed by atoms with Gasteiger partial charge in [-0.25, -0.2) is 9.61 Å². The fraction of sp³-hybridized carbons (Fsp3) is 0.400. The molecular formula is C10H11N5O2. The fourth-order valence-corrected chi connectivity index (χ4v) is 2.05. The molecule has 0 aromatic carbocycles. The van der Waals surface area contributed by atoms with Gasteiger partial charge in [0.15, 0.2) is 0 Å². The molecule has 0 saturated carbocycles. The Bertz CT molecular complexity index is 589. The van der Waals surface area contributed by atoms with Crippen LogP contribution in [-0.2, 0) is 19.6 Å². The lowest BCUT2D eigenvalue weighted by Crippen LogP contribution is -2.18. The van der Waals surface area contributed by atoms with E-state index in [1.165, 1.54) is 0 Å². The van der Waals surface area contributed by atoms with Crippen molar-refractivity contribution in [1.29, 1.82) is 0 Å². The van der Waals surface area contributed by atoms with Crippen LogP contribution >= 0.6 is 0 Å². The monoisotopic (exact) mass is 233 g/mol. The van der Waals surface area contributed by atoms with Crippen molar-refractivity contribution in [1.82, 2.24) is 25.2 Å². The maximum atomic E-state index is 11.7. The van der Waals surface area contributed by atoms with E-state index in [0.717, 1.165) is 17.0 Å². The average molecular weight is 233 g/mol. The van der Waals surface area contributed by atoms with Gasteiger partial charge >= 0.3 is 0 Å². The van der Waals surface area contributed by atoms with Crippen LogP contribution in [0.3, 0.4) is 0 Å². The Morgan fingerprint density at radius 3 is 3.18 bits per heavy atom. The zero-order chi connectivity index (χ0) is 11.8. The number of aromatic amines is 1. The highest BCUT2D eigenvalue weighted by Gasteiger charge is 2.24. The fourth-order valence-electron chi connectivity index (χ4n) is 2.05. The van der Waals surface area contributed by atoms with Crippen molar-refractivity contribution in [3.05, 3.63) is 39.3 Å². The zero-order valence-corrected chi connectivity index (χ0v) is 9.30. The number of nitrogens with one attached hydrogen (secondary N) is 1. The molecule has 0 amide bonds. The first kappa shape index (κ1) is 10.2. The summed E-state index contributed by atoms with van der Waals surface area (Å²) in [6.45, 7) is 3.64. The van der Waals surface area contributed by atoms with Crippen molar-refractivity contribution in [3.8, 4) is 0 Å². The lowest BCUT2D eigenvalue weighted by atomic mass is 10.3. The number of nitrogens with zero attached hydrogens (tertiary/aromatic N) is 4. The largest absolute Gasteiger partial charge is 0.310 e. The summed E-state index contributed by atoms with van der Waals surface area (Å²) < 4.78 is 4.53. The zero-order valence-electron chi connectivity index (χ0n) is 9.30. The molecule has 2 aromatic rings. The minimum absolute atomic E-state index is 0.0479. The third-order valence-corrected chi connectivity index (χ3v) is 2.77. The van der Waals surface area contributed by atoms with Crippen molar-refractivity contribution in [3.63, 3.8) is 0 Å². The van der Waals surface area contributed by atoms with Gasteiger partial charge in [0.1, 0.15) is 11.5 Å². The van der Waals surface area contributed by atoms with Gasteiger partial charge in [-0.2, -0.15) is 0 Å². The molecule has 7 heteroatoms. The standard InChI is InChI=1S/C10H11N5O2/c1-6-12-9-5-15(3-7-2-11-17-14-7)4-8(9)10(16)13-6/h2H,3-5H2,1H3,(H,12,13,16). The molecule has 0 unspecified atom stereocenters. The van der Waals surface area contributed by atoms with Gasteiger partial charge in [-0.05, 0) is 6.92 Å². The van der Waals surface area contributed by atoms with Crippen molar-refractivity contribution in [2.45, 2.75) is 26.6 Å². The Morgan fingerprint density at radius 2 is 2.41 bits per heavy atom.